The van der Waals surface area contributed by atoms with E-state index >= 15 is 0 Å². The van der Waals surface area contributed by atoms with Crippen LogP contribution in [0.15, 0.2) is 0 Å². The minimum absolute atomic E-state index is 0.0111. The van der Waals surface area contributed by atoms with Gasteiger partial charge in [-0.15, -0.1) is 0 Å². The van der Waals surface area contributed by atoms with Gasteiger partial charge in [-0.3, -0.25) is 0 Å². The molecule has 0 spiro atoms. The zero-order valence-electron chi connectivity index (χ0n) is 13.0. The number of likely N-dealkylation sites (N-methyl/N-ethyl adjacent to an activating group) is 1. The summed E-state index contributed by atoms with van der Waals surface area (Å²) >= 11 is 0. The first-order chi connectivity index (χ1) is 9.11. The van der Waals surface area contributed by atoms with Crippen molar-refractivity contribution in [2.75, 3.05) is 33.3 Å². The second-order valence-corrected chi connectivity index (χ2v) is 7.04. The Morgan fingerprint density at radius 2 is 2.16 bits per heavy atom. The number of nitrogens with zero attached hydrogens (tertiary/aromatic N) is 1. The molecule has 0 aromatic carbocycles. The highest BCUT2D eigenvalue weighted by molar-refractivity contribution is 4.98. The van der Waals surface area contributed by atoms with Crippen LogP contribution in [0.2, 0.25) is 0 Å². The van der Waals surface area contributed by atoms with E-state index in [1.807, 2.05) is 7.05 Å². The fourth-order valence-corrected chi connectivity index (χ4v) is 4.13. The summed E-state index contributed by atoms with van der Waals surface area (Å²) in [6.07, 6.45) is 6.30. The van der Waals surface area contributed by atoms with Crippen LogP contribution >= 0.6 is 0 Å². The molecule has 0 amide bonds. The molecule has 0 bridgehead atoms. The summed E-state index contributed by atoms with van der Waals surface area (Å²) in [7, 11) is 2.01. The highest BCUT2D eigenvalue weighted by atomic mass is 16.3. The van der Waals surface area contributed by atoms with E-state index in [2.05, 4.69) is 24.1 Å². The molecule has 0 radical (unpaired) electrons. The molecule has 3 atom stereocenters. The summed E-state index contributed by atoms with van der Waals surface area (Å²) < 4.78 is 0. The number of aliphatic hydroxyl groups excluding tert-OH is 1. The first kappa shape index (κ1) is 15.3. The van der Waals surface area contributed by atoms with E-state index in [0.717, 1.165) is 18.3 Å². The highest BCUT2D eigenvalue weighted by Crippen LogP contribution is 2.38. The zero-order valence-corrected chi connectivity index (χ0v) is 13.0. The predicted octanol–water partition coefficient (Wildman–Crippen LogP) is 2.10. The minimum Gasteiger partial charge on any atom is -0.394 e. The van der Waals surface area contributed by atoms with Gasteiger partial charge in [0.25, 0.3) is 0 Å². The van der Waals surface area contributed by atoms with Crippen molar-refractivity contribution >= 4 is 0 Å². The molecule has 1 heterocycles. The highest BCUT2D eigenvalue weighted by Gasteiger charge is 2.41. The maximum absolute atomic E-state index is 9.72. The average Bonchev–Trinajstić information content (AvgIpc) is 3.03. The average molecular weight is 268 g/mol. The molecule has 2 N–H and O–H groups in total. The zero-order chi connectivity index (χ0) is 13.9. The lowest BCUT2D eigenvalue weighted by molar-refractivity contribution is 0.120. The Hall–Kier alpha value is -0.120. The Labute approximate surface area is 118 Å². The molecule has 1 saturated carbocycles. The third-order valence-corrected chi connectivity index (χ3v) is 5.78. The van der Waals surface area contributed by atoms with Crippen LogP contribution in [-0.4, -0.2) is 48.8 Å². The van der Waals surface area contributed by atoms with Crippen LogP contribution in [0, 0.1) is 17.8 Å². The molecule has 1 aliphatic heterocycles. The smallest absolute Gasteiger partial charge is 0.0615 e. The number of nitrogens with one attached hydrogen (secondary N) is 1. The fourth-order valence-electron chi connectivity index (χ4n) is 4.13. The molecule has 0 aromatic rings. The van der Waals surface area contributed by atoms with Gasteiger partial charge in [-0.1, -0.05) is 20.3 Å². The Balaban J connectivity index is 1.79. The fraction of sp³-hybridized carbons (Fsp3) is 1.00. The van der Waals surface area contributed by atoms with Gasteiger partial charge in [0.15, 0.2) is 0 Å². The van der Waals surface area contributed by atoms with Gasteiger partial charge in [-0.2, -0.15) is 0 Å². The molecule has 3 nitrogen and oxygen atoms in total. The molecular formula is C16H32N2O. The predicted molar refractivity (Wildman–Crippen MR) is 80.2 cm³/mol. The van der Waals surface area contributed by atoms with Gasteiger partial charge in [0.05, 0.1) is 6.61 Å². The third-order valence-electron chi connectivity index (χ3n) is 5.78. The standard InChI is InChI=1S/C16H32N2O/c1-13(2)14-6-9-18(11-14)10-7-15-5-4-8-16(15,12-19)17-3/h13-15,17,19H,4-12H2,1-3H3. The number of hydrogen-bond acceptors (Lipinski definition) is 3. The minimum atomic E-state index is 0.0111. The Morgan fingerprint density at radius 3 is 2.74 bits per heavy atom. The molecular weight excluding hydrogens is 236 g/mol. The molecule has 112 valence electrons. The van der Waals surface area contributed by atoms with Crippen molar-refractivity contribution in [1.82, 2.24) is 10.2 Å². The van der Waals surface area contributed by atoms with E-state index in [-0.39, 0.29) is 5.54 Å². The number of rotatable bonds is 6. The third kappa shape index (κ3) is 3.32. The van der Waals surface area contributed by atoms with Gasteiger partial charge in [-0.05, 0) is 63.6 Å². The molecule has 1 aliphatic carbocycles. The first-order valence-corrected chi connectivity index (χ1v) is 8.13. The largest absolute Gasteiger partial charge is 0.394 e. The topological polar surface area (TPSA) is 35.5 Å². The van der Waals surface area contributed by atoms with E-state index in [1.54, 1.807) is 0 Å². The summed E-state index contributed by atoms with van der Waals surface area (Å²) in [6, 6.07) is 0. The van der Waals surface area contributed by atoms with Crippen LogP contribution in [-0.2, 0) is 0 Å². The maximum Gasteiger partial charge on any atom is 0.0615 e. The van der Waals surface area contributed by atoms with Crippen molar-refractivity contribution in [3.8, 4) is 0 Å². The van der Waals surface area contributed by atoms with Crippen molar-refractivity contribution in [3.05, 3.63) is 0 Å². The molecule has 2 rings (SSSR count). The van der Waals surface area contributed by atoms with Crippen LogP contribution < -0.4 is 5.32 Å². The molecule has 3 heteroatoms. The maximum atomic E-state index is 9.72. The van der Waals surface area contributed by atoms with Gasteiger partial charge < -0.3 is 15.3 Å². The monoisotopic (exact) mass is 268 g/mol. The van der Waals surface area contributed by atoms with Crippen LogP contribution in [0.1, 0.15) is 46.0 Å². The quantitative estimate of drug-likeness (QED) is 0.774. The summed E-state index contributed by atoms with van der Waals surface area (Å²) in [6.45, 7) is 8.78. The number of likely N-dealkylation sites (tertiary alicyclic amines) is 1. The Morgan fingerprint density at radius 1 is 1.37 bits per heavy atom. The van der Waals surface area contributed by atoms with Crippen molar-refractivity contribution in [3.63, 3.8) is 0 Å². The second-order valence-electron chi connectivity index (χ2n) is 7.04. The molecule has 2 aliphatic rings. The van der Waals surface area contributed by atoms with Gasteiger partial charge >= 0.3 is 0 Å². The molecule has 0 aromatic heterocycles. The van der Waals surface area contributed by atoms with Crippen molar-refractivity contribution in [1.29, 1.82) is 0 Å². The van der Waals surface area contributed by atoms with Crippen molar-refractivity contribution in [2.24, 2.45) is 17.8 Å². The number of aliphatic hydroxyl groups is 1. The van der Waals surface area contributed by atoms with Gasteiger partial charge in [0.1, 0.15) is 0 Å². The first-order valence-electron chi connectivity index (χ1n) is 8.13. The summed E-state index contributed by atoms with van der Waals surface area (Å²) in [5.41, 5.74) is 0.0111. The van der Waals surface area contributed by atoms with E-state index < -0.39 is 0 Å². The summed E-state index contributed by atoms with van der Waals surface area (Å²) in [4.78, 5) is 2.64. The molecule has 3 unspecified atom stereocenters. The Kier molecular flexibility index (Phi) is 5.27. The summed E-state index contributed by atoms with van der Waals surface area (Å²) in [5.74, 6) is 2.38. The normalized spacial score (nSPS) is 36.5. The second kappa shape index (κ2) is 6.55. The molecule has 2 fully saturated rings. The molecule has 19 heavy (non-hydrogen) atoms. The van der Waals surface area contributed by atoms with Crippen LogP contribution in [0.4, 0.5) is 0 Å². The van der Waals surface area contributed by atoms with E-state index in [4.69, 9.17) is 0 Å². The van der Waals surface area contributed by atoms with Crippen LogP contribution in [0.5, 0.6) is 0 Å². The van der Waals surface area contributed by atoms with Gasteiger partial charge in [0.2, 0.25) is 0 Å². The SMILES string of the molecule is CNC1(CO)CCCC1CCN1CCC(C(C)C)C1. The van der Waals surface area contributed by atoms with E-state index in [1.165, 1.54) is 45.3 Å². The van der Waals surface area contributed by atoms with Gasteiger partial charge in [0, 0.05) is 12.1 Å². The summed E-state index contributed by atoms with van der Waals surface area (Å²) in [5, 5.41) is 13.1. The van der Waals surface area contributed by atoms with Gasteiger partial charge in [-0.25, -0.2) is 0 Å². The van der Waals surface area contributed by atoms with E-state index in [9.17, 15) is 5.11 Å². The van der Waals surface area contributed by atoms with Crippen LogP contribution in [0.25, 0.3) is 0 Å². The lowest BCUT2D eigenvalue weighted by atomic mass is 9.85. The Bertz CT molecular complexity index is 276. The van der Waals surface area contributed by atoms with E-state index in [0.29, 0.717) is 12.5 Å². The lowest BCUT2D eigenvalue weighted by Crippen LogP contribution is -2.50. The molecule has 1 saturated heterocycles. The van der Waals surface area contributed by atoms with Crippen molar-refractivity contribution < 1.29 is 5.11 Å². The lowest BCUT2D eigenvalue weighted by Gasteiger charge is -2.34. The van der Waals surface area contributed by atoms with Crippen molar-refractivity contribution in [2.45, 2.75) is 51.5 Å². The van der Waals surface area contributed by atoms with Crippen LogP contribution in [0.3, 0.4) is 0 Å². The number of hydrogen-bond donors (Lipinski definition) is 2.